The van der Waals surface area contributed by atoms with Crippen molar-refractivity contribution in [2.24, 2.45) is 5.92 Å². The first-order valence-electron chi connectivity index (χ1n) is 7.87. The smallest absolute Gasteiger partial charge is 0.280 e. The van der Waals surface area contributed by atoms with Gasteiger partial charge in [-0.05, 0) is 44.4 Å². The minimum Gasteiger partial charge on any atom is -0.383 e. The predicted molar refractivity (Wildman–Crippen MR) is 77.6 cm³/mol. The zero-order valence-electron chi connectivity index (χ0n) is 12.3. The van der Waals surface area contributed by atoms with Gasteiger partial charge in [-0.2, -0.15) is 17.4 Å². The van der Waals surface area contributed by atoms with Crippen LogP contribution in [0.2, 0.25) is 0 Å². The zero-order valence-corrected chi connectivity index (χ0v) is 13.1. The van der Waals surface area contributed by atoms with E-state index in [2.05, 4.69) is 4.72 Å². The van der Waals surface area contributed by atoms with E-state index in [1.807, 2.05) is 0 Å². The van der Waals surface area contributed by atoms with Gasteiger partial charge in [0.25, 0.3) is 10.2 Å². The maximum atomic E-state index is 12.7. The molecule has 0 amide bonds. The van der Waals surface area contributed by atoms with Crippen LogP contribution < -0.4 is 4.72 Å². The lowest BCUT2D eigenvalue weighted by atomic mass is 9.97. The van der Waals surface area contributed by atoms with E-state index >= 15 is 0 Å². The van der Waals surface area contributed by atoms with Crippen LogP contribution in [0.15, 0.2) is 0 Å². The second-order valence-electron chi connectivity index (χ2n) is 6.61. The first-order chi connectivity index (χ1) is 9.57. The molecule has 1 atom stereocenters. The minimum atomic E-state index is -3.36. The monoisotopic (exact) mass is 302 g/mol. The highest BCUT2D eigenvalue weighted by molar-refractivity contribution is 7.87. The summed E-state index contributed by atoms with van der Waals surface area (Å²) in [5, 5.41) is 0. The molecule has 6 heteroatoms. The van der Waals surface area contributed by atoms with Gasteiger partial charge in [0, 0.05) is 25.2 Å². The summed E-state index contributed by atoms with van der Waals surface area (Å²) in [4.78, 5) is 0. The van der Waals surface area contributed by atoms with Crippen molar-refractivity contribution in [2.75, 3.05) is 20.3 Å². The molecule has 20 heavy (non-hydrogen) atoms. The number of ether oxygens (including phenoxy) is 1. The molecule has 3 fully saturated rings. The molecule has 116 valence electrons. The fraction of sp³-hybridized carbons (Fsp3) is 1.00. The van der Waals surface area contributed by atoms with Gasteiger partial charge in [-0.25, -0.2) is 0 Å². The van der Waals surface area contributed by atoms with E-state index in [4.69, 9.17) is 4.74 Å². The van der Waals surface area contributed by atoms with Crippen molar-refractivity contribution in [3.05, 3.63) is 0 Å². The van der Waals surface area contributed by atoms with Crippen LogP contribution in [0.25, 0.3) is 0 Å². The molecule has 2 saturated carbocycles. The summed E-state index contributed by atoms with van der Waals surface area (Å²) in [5.74, 6) is 0.556. The number of nitrogens with zero attached hydrogens (tertiary/aromatic N) is 1. The molecule has 1 saturated heterocycles. The predicted octanol–water partition coefficient (Wildman–Crippen LogP) is 1.65. The summed E-state index contributed by atoms with van der Waals surface area (Å²) in [6, 6.07) is 0.0110. The van der Waals surface area contributed by atoms with E-state index < -0.39 is 10.2 Å². The van der Waals surface area contributed by atoms with Gasteiger partial charge in [0.2, 0.25) is 0 Å². The molecule has 1 aliphatic heterocycles. The highest BCUT2D eigenvalue weighted by Gasteiger charge is 2.53. The third kappa shape index (κ3) is 2.75. The lowest BCUT2D eigenvalue weighted by molar-refractivity contribution is 0.148. The number of nitrogens with one attached hydrogen (secondary N) is 1. The molecule has 0 spiro atoms. The minimum absolute atomic E-state index is 0.0110. The molecular formula is C14H26N2O3S. The normalized spacial score (nSPS) is 30.9. The quantitative estimate of drug-likeness (QED) is 0.812. The summed E-state index contributed by atoms with van der Waals surface area (Å²) in [6.45, 7) is 1.13. The first-order valence-corrected chi connectivity index (χ1v) is 9.31. The second kappa shape index (κ2) is 5.55. The fourth-order valence-electron chi connectivity index (χ4n) is 4.01. The number of hydrogen-bond donors (Lipinski definition) is 1. The van der Waals surface area contributed by atoms with Crippen molar-refractivity contribution in [2.45, 2.75) is 62.9 Å². The average molecular weight is 302 g/mol. The zero-order chi connectivity index (χ0) is 14.2. The molecular weight excluding hydrogens is 276 g/mol. The molecule has 0 aromatic heterocycles. The summed E-state index contributed by atoms with van der Waals surface area (Å²) in [5.41, 5.74) is -0.116. The standard InChI is InChI=1S/C14H26N2O3S/c1-19-11-13-7-4-10-16(13)20(17,18)15-14(8-9-14)12-5-2-3-6-12/h12-13,15H,2-11H2,1H3. The van der Waals surface area contributed by atoms with Crippen molar-refractivity contribution in [3.8, 4) is 0 Å². The molecule has 2 aliphatic carbocycles. The van der Waals surface area contributed by atoms with Crippen LogP contribution in [-0.2, 0) is 14.9 Å². The number of hydrogen-bond acceptors (Lipinski definition) is 3. The van der Waals surface area contributed by atoms with Crippen LogP contribution in [0.5, 0.6) is 0 Å². The Morgan fingerprint density at radius 3 is 2.50 bits per heavy atom. The first kappa shape index (κ1) is 14.8. The van der Waals surface area contributed by atoms with Gasteiger partial charge in [-0.3, -0.25) is 0 Å². The van der Waals surface area contributed by atoms with Crippen LogP contribution in [0.1, 0.15) is 51.4 Å². The van der Waals surface area contributed by atoms with E-state index in [0.29, 0.717) is 19.1 Å². The Morgan fingerprint density at radius 2 is 1.90 bits per heavy atom. The Morgan fingerprint density at radius 1 is 1.20 bits per heavy atom. The van der Waals surface area contributed by atoms with Crippen molar-refractivity contribution in [1.29, 1.82) is 0 Å². The molecule has 1 unspecified atom stereocenters. The van der Waals surface area contributed by atoms with Gasteiger partial charge in [-0.1, -0.05) is 12.8 Å². The topological polar surface area (TPSA) is 58.6 Å². The van der Waals surface area contributed by atoms with Gasteiger partial charge >= 0.3 is 0 Å². The Labute approximate surface area is 122 Å². The molecule has 5 nitrogen and oxygen atoms in total. The van der Waals surface area contributed by atoms with Crippen LogP contribution in [0, 0.1) is 5.92 Å². The Kier molecular flexibility index (Phi) is 4.10. The van der Waals surface area contributed by atoms with E-state index in [1.54, 1.807) is 11.4 Å². The molecule has 1 N–H and O–H groups in total. The summed E-state index contributed by atoms with van der Waals surface area (Å²) < 4.78 is 35.2. The number of methoxy groups -OCH3 is 1. The number of rotatable bonds is 6. The summed E-state index contributed by atoms with van der Waals surface area (Å²) in [6.07, 6.45) is 8.75. The third-order valence-corrected chi connectivity index (χ3v) is 7.01. The molecule has 1 heterocycles. The lowest BCUT2D eigenvalue weighted by Crippen LogP contribution is -2.51. The Bertz CT molecular complexity index is 441. The average Bonchev–Trinajstić information content (AvgIpc) is 2.88. The molecule has 0 radical (unpaired) electrons. The van der Waals surface area contributed by atoms with Gasteiger partial charge in [0.05, 0.1) is 6.61 Å². The van der Waals surface area contributed by atoms with E-state index in [9.17, 15) is 8.42 Å². The molecule has 3 rings (SSSR count). The third-order valence-electron chi connectivity index (χ3n) is 5.25. The van der Waals surface area contributed by atoms with E-state index in [-0.39, 0.29) is 11.6 Å². The van der Waals surface area contributed by atoms with Crippen LogP contribution in [-0.4, -0.2) is 44.6 Å². The van der Waals surface area contributed by atoms with Crippen molar-refractivity contribution >= 4 is 10.2 Å². The van der Waals surface area contributed by atoms with Gasteiger partial charge in [0.1, 0.15) is 0 Å². The van der Waals surface area contributed by atoms with E-state index in [0.717, 1.165) is 25.7 Å². The van der Waals surface area contributed by atoms with Crippen molar-refractivity contribution in [1.82, 2.24) is 9.03 Å². The molecule has 0 aromatic rings. The molecule has 0 bridgehead atoms. The summed E-state index contributed by atoms with van der Waals surface area (Å²) in [7, 11) is -1.72. The van der Waals surface area contributed by atoms with Gasteiger partial charge in [-0.15, -0.1) is 0 Å². The maximum Gasteiger partial charge on any atom is 0.280 e. The van der Waals surface area contributed by atoms with Crippen LogP contribution >= 0.6 is 0 Å². The fourth-order valence-corrected chi connectivity index (χ4v) is 5.94. The van der Waals surface area contributed by atoms with Crippen LogP contribution in [0.4, 0.5) is 0 Å². The lowest BCUT2D eigenvalue weighted by Gasteiger charge is -2.29. The second-order valence-corrected chi connectivity index (χ2v) is 8.23. The van der Waals surface area contributed by atoms with Gasteiger partial charge in [0.15, 0.2) is 0 Å². The van der Waals surface area contributed by atoms with Crippen molar-refractivity contribution in [3.63, 3.8) is 0 Å². The highest BCUT2D eigenvalue weighted by Crippen LogP contribution is 2.49. The summed E-state index contributed by atoms with van der Waals surface area (Å²) >= 11 is 0. The van der Waals surface area contributed by atoms with E-state index in [1.165, 1.54) is 25.7 Å². The highest BCUT2D eigenvalue weighted by atomic mass is 32.2. The SMILES string of the molecule is COCC1CCCN1S(=O)(=O)NC1(C2CCCC2)CC1. The molecule has 0 aromatic carbocycles. The van der Waals surface area contributed by atoms with Crippen LogP contribution in [0.3, 0.4) is 0 Å². The Hall–Kier alpha value is -0.170. The maximum absolute atomic E-state index is 12.7. The largest absolute Gasteiger partial charge is 0.383 e. The molecule has 3 aliphatic rings. The van der Waals surface area contributed by atoms with Gasteiger partial charge < -0.3 is 4.74 Å². The van der Waals surface area contributed by atoms with Crippen molar-refractivity contribution < 1.29 is 13.2 Å². The Balaban J connectivity index is 1.69.